The molecule has 9 heteroatoms. The highest BCUT2D eigenvalue weighted by Gasteiger charge is 2.17. The van der Waals surface area contributed by atoms with Crippen LogP contribution in [-0.2, 0) is 9.53 Å². The standard InChI is InChI=1S/C28H23N3O6/c1-35-24-12-6-5-11-23(24)31-26(33)19-13-15-20(16-14-19)30-25(32)18-36-28(34)22-10-7-17-29-27(22)37-21-8-3-2-4-9-21/h2-17H,18H2,1H3,(H,30,32)(H,31,33). The molecule has 0 radical (unpaired) electrons. The first-order chi connectivity index (χ1) is 18.0. The lowest BCUT2D eigenvalue weighted by atomic mass is 10.2. The van der Waals surface area contributed by atoms with E-state index in [0.717, 1.165) is 0 Å². The van der Waals surface area contributed by atoms with Gasteiger partial charge in [-0.2, -0.15) is 0 Å². The number of aromatic nitrogens is 1. The number of methoxy groups -OCH3 is 1. The summed E-state index contributed by atoms with van der Waals surface area (Å²) in [5.41, 5.74) is 1.45. The zero-order chi connectivity index (χ0) is 26.0. The van der Waals surface area contributed by atoms with E-state index in [1.165, 1.54) is 19.4 Å². The van der Waals surface area contributed by atoms with Crippen LogP contribution in [0.1, 0.15) is 20.7 Å². The van der Waals surface area contributed by atoms with Crippen molar-refractivity contribution < 1.29 is 28.6 Å². The van der Waals surface area contributed by atoms with E-state index in [2.05, 4.69) is 15.6 Å². The number of nitrogens with zero attached hydrogens (tertiary/aromatic N) is 1. The minimum absolute atomic E-state index is 0.0705. The number of ether oxygens (including phenoxy) is 3. The number of carbonyl (C=O) groups is 3. The summed E-state index contributed by atoms with van der Waals surface area (Å²) in [5, 5.41) is 5.40. The van der Waals surface area contributed by atoms with Crippen LogP contribution < -0.4 is 20.1 Å². The summed E-state index contributed by atoms with van der Waals surface area (Å²) in [6.07, 6.45) is 1.49. The average molecular weight is 498 g/mol. The van der Waals surface area contributed by atoms with Crippen molar-refractivity contribution in [1.29, 1.82) is 0 Å². The second kappa shape index (κ2) is 12.0. The Morgan fingerprint density at radius 2 is 1.54 bits per heavy atom. The van der Waals surface area contributed by atoms with E-state index in [1.54, 1.807) is 78.9 Å². The quantitative estimate of drug-likeness (QED) is 0.315. The lowest BCUT2D eigenvalue weighted by Gasteiger charge is -2.11. The van der Waals surface area contributed by atoms with Crippen LogP contribution in [0.4, 0.5) is 11.4 Å². The molecule has 4 rings (SSSR count). The van der Waals surface area contributed by atoms with Gasteiger partial charge in [0.2, 0.25) is 5.88 Å². The van der Waals surface area contributed by atoms with Crippen LogP contribution >= 0.6 is 0 Å². The zero-order valence-electron chi connectivity index (χ0n) is 19.8. The third-order valence-electron chi connectivity index (χ3n) is 5.07. The van der Waals surface area contributed by atoms with Crippen LogP contribution in [0.2, 0.25) is 0 Å². The molecule has 3 aromatic carbocycles. The molecule has 0 spiro atoms. The Bertz CT molecular complexity index is 1390. The number of anilines is 2. The van der Waals surface area contributed by atoms with Gasteiger partial charge < -0.3 is 24.8 Å². The van der Waals surface area contributed by atoms with Gasteiger partial charge in [0.15, 0.2) is 6.61 Å². The Morgan fingerprint density at radius 3 is 2.30 bits per heavy atom. The molecule has 0 atom stereocenters. The molecule has 4 aromatic rings. The summed E-state index contributed by atoms with van der Waals surface area (Å²) >= 11 is 0. The second-order valence-corrected chi connectivity index (χ2v) is 7.63. The predicted molar refractivity (Wildman–Crippen MR) is 137 cm³/mol. The Labute approximate surface area is 213 Å². The van der Waals surface area contributed by atoms with E-state index in [9.17, 15) is 14.4 Å². The number of amides is 2. The Morgan fingerprint density at radius 1 is 0.811 bits per heavy atom. The van der Waals surface area contributed by atoms with E-state index >= 15 is 0 Å². The van der Waals surface area contributed by atoms with Gasteiger partial charge in [-0.15, -0.1) is 0 Å². The van der Waals surface area contributed by atoms with Crippen LogP contribution in [0, 0.1) is 0 Å². The predicted octanol–water partition coefficient (Wildman–Crippen LogP) is 4.93. The molecule has 0 bridgehead atoms. The summed E-state index contributed by atoms with van der Waals surface area (Å²) in [5.74, 6) is -0.513. The van der Waals surface area contributed by atoms with Gasteiger partial charge >= 0.3 is 5.97 Å². The number of benzene rings is 3. The van der Waals surface area contributed by atoms with E-state index in [0.29, 0.717) is 28.4 Å². The van der Waals surface area contributed by atoms with E-state index in [-0.39, 0.29) is 17.4 Å². The lowest BCUT2D eigenvalue weighted by molar-refractivity contribution is -0.119. The van der Waals surface area contributed by atoms with Crippen LogP contribution in [-0.4, -0.2) is 36.5 Å². The first-order valence-corrected chi connectivity index (χ1v) is 11.2. The molecular weight excluding hydrogens is 474 g/mol. The van der Waals surface area contributed by atoms with Gasteiger partial charge in [0, 0.05) is 17.4 Å². The fraction of sp³-hybridized carbons (Fsp3) is 0.0714. The number of rotatable bonds is 9. The van der Waals surface area contributed by atoms with Gasteiger partial charge in [-0.1, -0.05) is 30.3 Å². The van der Waals surface area contributed by atoms with Gasteiger partial charge in [-0.05, 0) is 60.7 Å². The van der Waals surface area contributed by atoms with Crippen molar-refractivity contribution in [3.05, 3.63) is 108 Å². The number of esters is 1. The minimum Gasteiger partial charge on any atom is -0.495 e. The fourth-order valence-electron chi connectivity index (χ4n) is 3.28. The summed E-state index contributed by atoms with van der Waals surface area (Å²) in [6, 6.07) is 25.3. The van der Waals surface area contributed by atoms with Crippen molar-refractivity contribution in [3.63, 3.8) is 0 Å². The third-order valence-corrected chi connectivity index (χ3v) is 5.07. The number of nitrogens with one attached hydrogen (secondary N) is 2. The molecule has 0 aliphatic heterocycles. The summed E-state index contributed by atoms with van der Waals surface area (Å²) < 4.78 is 16.0. The Kier molecular flexibility index (Phi) is 8.07. The van der Waals surface area contributed by atoms with Crippen LogP contribution in [0.25, 0.3) is 0 Å². The summed E-state index contributed by atoms with van der Waals surface area (Å²) in [6.45, 7) is -0.519. The van der Waals surface area contributed by atoms with Gasteiger partial charge in [-0.25, -0.2) is 9.78 Å². The molecule has 9 nitrogen and oxygen atoms in total. The number of para-hydroxylation sites is 3. The summed E-state index contributed by atoms with van der Waals surface area (Å²) in [4.78, 5) is 41.5. The highest BCUT2D eigenvalue weighted by Crippen LogP contribution is 2.24. The molecule has 0 aliphatic carbocycles. The Hall–Kier alpha value is -5.18. The Balaban J connectivity index is 1.31. The van der Waals surface area contributed by atoms with Crippen LogP contribution in [0.15, 0.2) is 97.2 Å². The van der Waals surface area contributed by atoms with Crippen molar-refractivity contribution in [2.24, 2.45) is 0 Å². The highest BCUT2D eigenvalue weighted by molar-refractivity contribution is 6.05. The molecule has 0 fully saturated rings. The van der Waals surface area contributed by atoms with Gasteiger partial charge in [0.05, 0.1) is 12.8 Å². The van der Waals surface area contributed by atoms with E-state index < -0.39 is 18.5 Å². The first kappa shape index (κ1) is 24.9. The smallest absolute Gasteiger partial charge is 0.344 e. The molecule has 1 heterocycles. The molecule has 186 valence electrons. The molecule has 2 N–H and O–H groups in total. The minimum atomic E-state index is -0.752. The molecule has 0 aliphatic rings. The molecule has 2 amide bonds. The first-order valence-electron chi connectivity index (χ1n) is 11.2. The highest BCUT2D eigenvalue weighted by atomic mass is 16.5. The van der Waals surface area contributed by atoms with Crippen LogP contribution in [0.3, 0.4) is 0 Å². The summed E-state index contributed by atoms with van der Waals surface area (Å²) in [7, 11) is 1.52. The fourth-order valence-corrected chi connectivity index (χ4v) is 3.28. The largest absolute Gasteiger partial charge is 0.495 e. The van der Waals surface area contributed by atoms with E-state index in [1.807, 2.05) is 6.07 Å². The van der Waals surface area contributed by atoms with Crippen molar-refractivity contribution in [2.45, 2.75) is 0 Å². The lowest BCUT2D eigenvalue weighted by Crippen LogP contribution is -2.21. The third kappa shape index (κ3) is 6.70. The number of hydrogen-bond acceptors (Lipinski definition) is 7. The molecule has 1 aromatic heterocycles. The second-order valence-electron chi connectivity index (χ2n) is 7.63. The van der Waals surface area contributed by atoms with Gasteiger partial charge in [0.1, 0.15) is 17.1 Å². The average Bonchev–Trinajstić information content (AvgIpc) is 2.93. The molecule has 37 heavy (non-hydrogen) atoms. The number of carbonyl (C=O) groups excluding carboxylic acids is 3. The topological polar surface area (TPSA) is 116 Å². The number of pyridine rings is 1. The van der Waals surface area contributed by atoms with Crippen molar-refractivity contribution in [1.82, 2.24) is 4.98 Å². The maximum absolute atomic E-state index is 12.6. The molecule has 0 saturated heterocycles. The molecule has 0 unspecified atom stereocenters. The zero-order valence-corrected chi connectivity index (χ0v) is 19.8. The van der Waals surface area contributed by atoms with Crippen molar-refractivity contribution in [3.8, 4) is 17.4 Å². The van der Waals surface area contributed by atoms with Gasteiger partial charge in [-0.3, -0.25) is 9.59 Å². The van der Waals surface area contributed by atoms with Crippen LogP contribution in [0.5, 0.6) is 17.4 Å². The van der Waals surface area contributed by atoms with E-state index in [4.69, 9.17) is 14.2 Å². The monoisotopic (exact) mass is 497 g/mol. The normalized spacial score (nSPS) is 10.2. The maximum Gasteiger partial charge on any atom is 0.344 e. The molecule has 0 saturated carbocycles. The maximum atomic E-state index is 12.6. The number of hydrogen-bond donors (Lipinski definition) is 2. The van der Waals surface area contributed by atoms with Crippen molar-refractivity contribution >= 4 is 29.2 Å². The SMILES string of the molecule is COc1ccccc1NC(=O)c1ccc(NC(=O)COC(=O)c2cccnc2Oc2ccccc2)cc1. The molecular formula is C28H23N3O6. The van der Waals surface area contributed by atoms with Gasteiger partial charge in [0.25, 0.3) is 11.8 Å². The van der Waals surface area contributed by atoms with Crippen molar-refractivity contribution in [2.75, 3.05) is 24.4 Å².